The quantitative estimate of drug-likeness (QED) is 0.273. The van der Waals surface area contributed by atoms with Crippen LogP contribution < -0.4 is 0 Å². The van der Waals surface area contributed by atoms with Crippen molar-refractivity contribution in [3.8, 4) is 0 Å². The van der Waals surface area contributed by atoms with Gasteiger partial charge in [-0.05, 0) is 19.3 Å². The summed E-state index contributed by atoms with van der Waals surface area (Å²) >= 11 is 0. The highest BCUT2D eigenvalue weighted by Gasteiger charge is 2.14. The molecule has 4 N–H and O–H groups in total. The molecule has 0 aliphatic rings. The van der Waals surface area contributed by atoms with Gasteiger partial charge in [0.1, 0.15) is 0 Å². The monoisotopic (exact) mass is 330 g/mol. The molecule has 3 atom stereocenters. The van der Waals surface area contributed by atoms with Gasteiger partial charge < -0.3 is 20.4 Å². The molecule has 0 saturated carbocycles. The third-order valence-electron chi connectivity index (χ3n) is 3.92. The van der Waals surface area contributed by atoms with Crippen molar-refractivity contribution in [1.82, 2.24) is 0 Å². The van der Waals surface area contributed by atoms with E-state index in [1.807, 2.05) is 0 Å². The number of hydrogen-bond acceptors (Lipinski definition) is 4. The highest BCUT2D eigenvalue weighted by Crippen LogP contribution is 2.11. The van der Waals surface area contributed by atoms with Gasteiger partial charge >= 0.3 is 5.97 Å². The first-order valence-electron chi connectivity index (χ1n) is 8.91. The summed E-state index contributed by atoms with van der Waals surface area (Å²) in [5, 5.41) is 37.7. The molecule has 0 unspecified atom stereocenters. The average Bonchev–Trinajstić information content (AvgIpc) is 2.51. The second-order valence-corrected chi connectivity index (χ2v) is 6.21. The Morgan fingerprint density at radius 2 is 1.48 bits per heavy atom. The lowest BCUT2D eigenvalue weighted by atomic mass is 10.0. The summed E-state index contributed by atoms with van der Waals surface area (Å²) in [5.41, 5.74) is 0. The summed E-state index contributed by atoms with van der Waals surface area (Å²) < 4.78 is 0. The molecule has 0 aromatic carbocycles. The highest BCUT2D eigenvalue weighted by atomic mass is 16.4. The van der Waals surface area contributed by atoms with Gasteiger partial charge in [-0.25, -0.2) is 0 Å². The smallest absolute Gasteiger partial charge is 0.303 e. The fourth-order valence-corrected chi connectivity index (χ4v) is 2.41. The summed E-state index contributed by atoms with van der Waals surface area (Å²) in [4.78, 5) is 10.4. The van der Waals surface area contributed by atoms with Gasteiger partial charge in [-0.3, -0.25) is 4.79 Å². The fraction of sp³-hybridized carbons (Fsp3) is 0.833. The van der Waals surface area contributed by atoms with E-state index in [1.54, 1.807) is 0 Å². The molecule has 23 heavy (non-hydrogen) atoms. The molecular weight excluding hydrogens is 296 g/mol. The average molecular weight is 330 g/mol. The third-order valence-corrected chi connectivity index (χ3v) is 3.92. The summed E-state index contributed by atoms with van der Waals surface area (Å²) in [6.07, 6.45) is 9.77. The number of carboxylic acid groups (broad SMARTS) is 1. The van der Waals surface area contributed by atoms with Crippen LogP contribution in [0.5, 0.6) is 0 Å². The van der Waals surface area contributed by atoms with Crippen molar-refractivity contribution in [2.24, 2.45) is 0 Å². The fourth-order valence-electron chi connectivity index (χ4n) is 2.41. The molecule has 0 radical (unpaired) electrons. The van der Waals surface area contributed by atoms with Gasteiger partial charge in [0.2, 0.25) is 0 Å². The van der Waals surface area contributed by atoms with Crippen molar-refractivity contribution in [1.29, 1.82) is 0 Å². The number of hydrogen-bond donors (Lipinski definition) is 4. The van der Waals surface area contributed by atoms with Gasteiger partial charge in [0.05, 0.1) is 18.3 Å². The lowest BCUT2D eigenvalue weighted by molar-refractivity contribution is -0.137. The number of unbranched alkanes of at least 4 members (excludes halogenated alkanes) is 6. The molecule has 0 fully saturated rings. The number of aliphatic carboxylic acids is 1. The first kappa shape index (κ1) is 22.1. The summed E-state index contributed by atoms with van der Waals surface area (Å²) in [6, 6.07) is 0. The van der Waals surface area contributed by atoms with Crippen LogP contribution in [0.25, 0.3) is 0 Å². The van der Waals surface area contributed by atoms with Crippen LogP contribution >= 0.6 is 0 Å². The third kappa shape index (κ3) is 14.4. The van der Waals surface area contributed by atoms with Gasteiger partial charge in [0, 0.05) is 6.42 Å². The van der Waals surface area contributed by atoms with Crippen molar-refractivity contribution in [3.63, 3.8) is 0 Å². The van der Waals surface area contributed by atoms with Crippen LogP contribution in [0.4, 0.5) is 0 Å². The Morgan fingerprint density at radius 1 is 0.870 bits per heavy atom. The van der Waals surface area contributed by atoms with E-state index >= 15 is 0 Å². The first-order chi connectivity index (χ1) is 11.0. The van der Waals surface area contributed by atoms with E-state index < -0.39 is 24.3 Å². The number of carbonyl (C=O) groups is 1. The van der Waals surface area contributed by atoms with Crippen molar-refractivity contribution < 1.29 is 25.2 Å². The zero-order valence-electron chi connectivity index (χ0n) is 14.4. The summed E-state index contributed by atoms with van der Waals surface area (Å²) in [7, 11) is 0. The number of rotatable bonds is 15. The van der Waals surface area contributed by atoms with Gasteiger partial charge in [-0.1, -0.05) is 64.0 Å². The van der Waals surface area contributed by atoms with Crippen LogP contribution in [-0.4, -0.2) is 44.7 Å². The zero-order chi connectivity index (χ0) is 17.5. The molecule has 0 aliphatic carbocycles. The molecule has 0 aliphatic heterocycles. The second-order valence-electron chi connectivity index (χ2n) is 6.21. The number of aliphatic hydroxyl groups excluding tert-OH is 3. The minimum Gasteiger partial charge on any atom is -0.481 e. The zero-order valence-corrected chi connectivity index (χ0v) is 14.4. The Labute approximate surface area is 140 Å². The van der Waals surface area contributed by atoms with Crippen LogP contribution in [0.1, 0.15) is 77.6 Å². The molecule has 0 saturated heterocycles. The van der Waals surface area contributed by atoms with Gasteiger partial charge in [-0.15, -0.1) is 0 Å². The van der Waals surface area contributed by atoms with Crippen LogP contribution in [-0.2, 0) is 4.79 Å². The van der Waals surface area contributed by atoms with E-state index in [-0.39, 0.29) is 12.8 Å². The van der Waals surface area contributed by atoms with Crippen LogP contribution in [0, 0.1) is 0 Å². The maximum absolute atomic E-state index is 10.4. The first-order valence-corrected chi connectivity index (χ1v) is 8.91. The Hall–Kier alpha value is -0.910. The van der Waals surface area contributed by atoms with Crippen molar-refractivity contribution in [2.45, 2.75) is 95.9 Å². The van der Waals surface area contributed by atoms with E-state index in [0.29, 0.717) is 12.8 Å². The molecule has 5 heteroatoms. The Bertz CT molecular complexity index is 317. The Kier molecular flexibility index (Phi) is 14.1. The highest BCUT2D eigenvalue weighted by molar-refractivity contribution is 5.66. The number of carboxylic acids is 1. The minimum absolute atomic E-state index is 0.0195. The molecular formula is C18H34O5. The largest absolute Gasteiger partial charge is 0.481 e. The molecule has 0 heterocycles. The predicted octanol–water partition coefficient (Wildman–Crippen LogP) is 3.02. The summed E-state index contributed by atoms with van der Waals surface area (Å²) in [5.74, 6) is -0.910. The normalized spacial score (nSPS) is 15.7. The van der Waals surface area contributed by atoms with E-state index in [2.05, 4.69) is 6.92 Å². The molecule has 136 valence electrons. The lowest BCUT2D eigenvalue weighted by Crippen LogP contribution is -2.24. The molecule has 0 amide bonds. The molecule has 0 rings (SSSR count). The topological polar surface area (TPSA) is 98.0 Å². The van der Waals surface area contributed by atoms with Crippen LogP contribution in [0.3, 0.4) is 0 Å². The van der Waals surface area contributed by atoms with Crippen LogP contribution in [0.15, 0.2) is 12.2 Å². The van der Waals surface area contributed by atoms with E-state index in [1.165, 1.54) is 44.3 Å². The van der Waals surface area contributed by atoms with Gasteiger partial charge in [0.25, 0.3) is 0 Å². The van der Waals surface area contributed by atoms with Gasteiger partial charge in [-0.2, -0.15) is 0 Å². The van der Waals surface area contributed by atoms with Crippen molar-refractivity contribution in [3.05, 3.63) is 12.2 Å². The maximum Gasteiger partial charge on any atom is 0.303 e. The molecule has 0 aromatic heterocycles. The lowest BCUT2D eigenvalue weighted by Gasteiger charge is -2.14. The SMILES string of the molecule is CCCCCCCCC[C@@H](O)/C=C/[C@H](O)[C@H](O)CCCC(=O)O. The Morgan fingerprint density at radius 3 is 2.09 bits per heavy atom. The summed E-state index contributed by atoms with van der Waals surface area (Å²) in [6.45, 7) is 2.19. The van der Waals surface area contributed by atoms with Crippen molar-refractivity contribution >= 4 is 5.97 Å². The van der Waals surface area contributed by atoms with Crippen molar-refractivity contribution in [2.75, 3.05) is 0 Å². The molecule has 0 spiro atoms. The maximum atomic E-state index is 10.4. The Balaban J connectivity index is 3.71. The standard InChI is InChI=1S/C18H34O5/c1-2-3-4-5-6-7-8-10-15(19)13-14-17(21)16(20)11-9-12-18(22)23/h13-17,19-21H,2-12H2,1H3,(H,22,23)/b14-13+/t15-,16-,17+/m1/s1. The molecule has 0 aromatic rings. The van der Waals surface area contributed by atoms with E-state index in [4.69, 9.17) is 5.11 Å². The van der Waals surface area contributed by atoms with E-state index in [9.17, 15) is 20.1 Å². The van der Waals surface area contributed by atoms with Gasteiger partial charge in [0.15, 0.2) is 0 Å². The number of aliphatic hydroxyl groups is 3. The predicted molar refractivity (Wildman–Crippen MR) is 91.3 cm³/mol. The molecule has 0 bridgehead atoms. The molecule has 5 nitrogen and oxygen atoms in total. The van der Waals surface area contributed by atoms with E-state index in [0.717, 1.165) is 12.8 Å². The second kappa shape index (κ2) is 14.7. The minimum atomic E-state index is -1.06. The van der Waals surface area contributed by atoms with Crippen LogP contribution in [0.2, 0.25) is 0 Å².